The van der Waals surface area contributed by atoms with Crippen molar-refractivity contribution in [3.63, 3.8) is 0 Å². The molecule has 0 bridgehead atoms. The Hall–Kier alpha value is -2.35. The molecule has 124 valence electrons. The van der Waals surface area contributed by atoms with Crippen molar-refractivity contribution in [1.82, 2.24) is 10.1 Å². The van der Waals surface area contributed by atoms with E-state index in [-0.39, 0.29) is 11.6 Å². The van der Waals surface area contributed by atoms with Crippen LogP contribution >= 0.6 is 11.8 Å². The lowest BCUT2D eigenvalue weighted by Gasteiger charge is -2.05. The van der Waals surface area contributed by atoms with Gasteiger partial charge in [0.15, 0.2) is 0 Å². The molecule has 3 nitrogen and oxygen atoms in total. The largest absolute Gasteiger partial charge is 0.416 e. The first-order chi connectivity index (χ1) is 11.4. The summed E-state index contributed by atoms with van der Waals surface area (Å²) < 4.78 is 55.5. The molecule has 1 aromatic heterocycles. The van der Waals surface area contributed by atoms with E-state index in [4.69, 9.17) is 4.52 Å². The molecule has 3 rings (SSSR count). The molecule has 0 atom stereocenters. The quantitative estimate of drug-likeness (QED) is 0.478. The van der Waals surface area contributed by atoms with Gasteiger partial charge in [0, 0.05) is 10.5 Å². The Bertz CT molecular complexity index is 813. The van der Waals surface area contributed by atoms with Crippen molar-refractivity contribution in [3.8, 4) is 11.4 Å². The first-order valence-corrected chi connectivity index (χ1v) is 7.79. The summed E-state index contributed by atoms with van der Waals surface area (Å²) in [4.78, 5) is 4.99. The van der Waals surface area contributed by atoms with E-state index in [0.717, 1.165) is 17.0 Å². The molecular formula is C16H10F4N2OS. The molecule has 0 radical (unpaired) electrons. The van der Waals surface area contributed by atoms with Crippen molar-refractivity contribution < 1.29 is 22.1 Å². The maximum absolute atomic E-state index is 12.8. The Labute approximate surface area is 138 Å². The minimum Gasteiger partial charge on any atom is -0.338 e. The first-order valence-electron chi connectivity index (χ1n) is 6.80. The summed E-state index contributed by atoms with van der Waals surface area (Å²) in [7, 11) is 0. The molecule has 0 N–H and O–H groups in total. The van der Waals surface area contributed by atoms with E-state index in [1.807, 2.05) is 0 Å². The van der Waals surface area contributed by atoms with Crippen LogP contribution in [0.1, 0.15) is 11.5 Å². The van der Waals surface area contributed by atoms with Gasteiger partial charge < -0.3 is 4.52 Å². The Balaban J connectivity index is 1.68. The van der Waals surface area contributed by atoms with Gasteiger partial charge in [-0.05, 0) is 36.4 Å². The zero-order valence-electron chi connectivity index (χ0n) is 12.0. The average molecular weight is 354 g/mol. The van der Waals surface area contributed by atoms with Gasteiger partial charge in [-0.3, -0.25) is 0 Å². The number of hydrogen-bond donors (Lipinski definition) is 0. The van der Waals surface area contributed by atoms with Crippen LogP contribution in [-0.2, 0) is 11.9 Å². The lowest BCUT2D eigenvalue weighted by Crippen LogP contribution is -2.04. The maximum atomic E-state index is 12.8. The van der Waals surface area contributed by atoms with Crippen molar-refractivity contribution in [1.29, 1.82) is 0 Å². The molecule has 0 unspecified atom stereocenters. The van der Waals surface area contributed by atoms with Crippen LogP contribution in [0.4, 0.5) is 17.6 Å². The highest BCUT2D eigenvalue weighted by Gasteiger charge is 2.30. The van der Waals surface area contributed by atoms with Crippen molar-refractivity contribution in [3.05, 3.63) is 65.8 Å². The standard InChI is InChI=1S/C16H10F4N2OS/c17-12-5-7-13(8-6-12)24-9-14-21-15(22-23-14)10-1-3-11(4-2-10)16(18,19)20/h1-8H,9H2. The van der Waals surface area contributed by atoms with Crippen LogP contribution in [0.25, 0.3) is 11.4 Å². The molecule has 24 heavy (non-hydrogen) atoms. The van der Waals surface area contributed by atoms with Crippen molar-refractivity contribution in [2.75, 3.05) is 0 Å². The van der Waals surface area contributed by atoms with Crippen molar-refractivity contribution in [2.24, 2.45) is 0 Å². The van der Waals surface area contributed by atoms with Crippen LogP contribution in [-0.4, -0.2) is 10.1 Å². The van der Waals surface area contributed by atoms with Gasteiger partial charge in [-0.25, -0.2) is 4.39 Å². The fourth-order valence-corrected chi connectivity index (χ4v) is 2.65. The van der Waals surface area contributed by atoms with Gasteiger partial charge in [-0.15, -0.1) is 11.8 Å². The van der Waals surface area contributed by atoms with E-state index in [2.05, 4.69) is 10.1 Å². The number of rotatable bonds is 4. The SMILES string of the molecule is Fc1ccc(SCc2nc(-c3ccc(C(F)(F)F)cc3)no2)cc1. The molecule has 0 spiro atoms. The fourth-order valence-electron chi connectivity index (χ4n) is 1.91. The summed E-state index contributed by atoms with van der Waals surface area (Å²) in [6.07, 6.45) is -4.38. The molecular weight excluding hydrogens is 344 g/mol. The molecule has 0 saturated carbocycles. The summed E-state index contributed by atoms with van der Waals surface area (Å²) in [5.74, 6) is 0.610. The second-order valence-corrected chi connectivity index (χ2v) is 5.88. The summed E-state index contributed by atoms with van der Waals surface area (Å²) in [6, 6.07) is 10.5. The Morgan fingerprint density at radius 1 is 0.958 bits per heavy atom. The van der Waals surface area contributed by atoms with Gasteiger partial charge >= 0.3 is 6.18 Å². The van der Waals surface area contributed by atoms with Gasteiger partial charge in [-0.2, -0.15) is 18.2 Å². The van der Waals surface area contributed by atoms with E-state index >= 15 is 0 Å². The minimum atomic E-state index is -4.38. The monoisotopic (exact) mass is 354 g/mol. The Kier molecular flexibility index (Phi) is 4.57. The van der Waals surface area contributed by atoms with Crippen LogP contribution in [0.5, 0.6) is 0 Å². The van der Waals surface area contributed by atoms with Crippen LogP contribution < -0.4 is 0 Å². The number of thioether (sulfide) groups is 1. The fraction of sp³-hybridized carbons (Fsp3) is 0.125. The van der Waals surface area contributed by atoms with Crippen LogP contribution in [0, 0.1) is 5.82 Å². The Morgan fingerprint density at radius 3 is 2.25 bits per heavy atom. The summed E-state index contributed by atoms with van der Waals surface area (Å²) in [5, 5.41) is 3.76. The first kappa shape index (κ1) is 16.5. The lowest BCUT2D eigenvalue weighted by molar-refractivity contribution is -0.137. The molecule has 3 aromatic rings. The number of alkyl halides is 3. The third-order valence-corrected chi connectivity index (χ3v) is 4.11. The molecule has 8 heteroatoms. The van der Waals surface area contributed by atoms with Crippen LogP contribution in [0.3, 0.4) is 0 Å². The summed E-state index contributed by atoms with van der Waals surface area (Å²) in [5.41, 5.74) is -0.299. The minimum absolute atomic E-state index is 0.221. The van der Waals surface area contributed by atoms with E-state index in [9.17, 15) is 17.6 Å². The highest BCUT2D eigenvalue weighted by molar-refractivity contribution is 7.98. The molecule has 0 fully saturated rings. The van der Waals surface area contributed by atoms with Crippen molar-refractivity contribution in [2.45, 2.75) is 16.8 Å². The molecule has 2 aromatic carbocycles. The number of aromatic nitrogens is 2. The predicted molar refractivity (Wildman–Crippen MR) is 80.7 cm³/mol. The zero-order chi connectivity index (χ0) is 17.2. The van der Waals surface area contributed by atoms with Crippen molar-refractivity contribution >= 4 is 11.8 Å². The molecule has 0 aliphatic rings. The van der Waals surface area contributed by atoms with Gasteiger partial charge in [0.05, 0.1) is 11.3 Å². The number of hydrogen-bond acceptors (Lipinski definition) is 4. The molecule has 1 heterocycles. The van der Waals surface area contributed by atoms with E-state index in [0.29, 0.717) is 17.2 Å². The summed E-state index contributed by atoms with van der Waals surface area (Å²) >= 11 is 1.38. The highest BCUT2D eigenvalue weighted by Crippen LogP contribution is 2.30. The lowest BCUT2D eigenvalue weighted by atomic mass is 10.1. The smallest absolute Gasteiger partial charge is 0.338 e. The topological polar surface area (TPSA) is 38.9 Å². The molecule has 0 aliphatic carbocycles. The van der Waals surface area contributed by atoms with E-state index in [1.165, 1.54) is 36.0 Å². The molecule has 0 saturated heterocycles. The molecule has 0 aliphatic heterocycles. The zero-order valence-corrected chi connectivity index (χ0v) is 12.9. The Morgan fingerprint density at radius 2 is 1.62 bits per heavy atom. The van der Waals surface area contributed by atoms with Gasteiger partial charge in [0.1, 0.15) is 5.82 Å². The third-order valence-electron chi connectivity index (χ3n) is 3.11. The number of nitrogens with zero attached hydrogens (tertiary/aromatic N) is 2. The normalized spacial score (nSPS) is 11.7. The number of halogens is 4. The predicted octanol–water partition coefficient (Wildman–Crippen LogP) is 5.19. The van der Waals surface area contributed by atoms with Gasteiger partial charge in [0.2, 0.25) is 11.7 Å². The van der Waals surface area contributed by atoms with Gasteiger partial charge in [-0.1, -0.05) is 17.3 Å². The maximum Gasteiger partial charge on any atom is 0.416 e. The van der Waals surface area contributed by atoms with Gasteiger partial charge in [0.25, 0.3) is 0 Å². The third kappa shape index (κ3) is 3.94. The highest BCUT2D eigenvalue weighted by atomic mass is 32.2. The van der Waals surface area contributed by atoms with Crippen LogP contribution in [0.2, 0.25) is 0 Å². The second kappa shape index (κ2) is 6.64. The second-order valence-electron chi connectivity index (χ2n) is 4.83. The average Bonchev–Trinajstić information content (AvgIpc) is 3.03. The summed E-state index contributed by atoms with van der Waals surface area (Å²) in [6.45, 7) is 0. The van der Waals surface area contributed by atoms with E-state index < -0.39 is 11.7 Å². The van der Waals surface area contributed by atoms with Crippen LogP contribution in [0.15, 0.2) is 57.9 Å². The molecule has 0 amide bonds. The number of benzene rings is 2. The van der Waals surface area contributed by atoms with E-state index in [1.54, 1.807) is 12.1 Å².